The van der Waals surface area contributed by atoms with Crippen molar-refractivity contribution in [3.63, 3.8) is 0 Å². The molecule has 0 radical (unpaired) electrons. The minimum atomic E-state index is 0.0204. The van der Waals surface area contributed by atoms with E-state index in [1.165, 1.54) is 11.1 Å². The molecule has 0 atom stereocenters. The normalized spacial score (nSPS) is 15.9. The van der Waals surface area contributed by atoms with Crippen molar-refractivity contribution in [1.82, 2.24) is 20.0 Å². The molecule has 0 bridgehead atoms. The molecule has 6 nitrogen and oxygen atoms in total. The van der Waals surface area contributed by atoms with E-state index in [-0.39, 0.29) is 17.2 Å². The van der Waals surface area contributed by atoms with Gasteiger partial charge < -0.3 is 10.2 Å². The third-order valence-electron chi connectivity index (χ3n) is 5.05. The predicted molar refractivity (Wildman–Crippen MR) is 109 cm³/mol. The first-order valence-corrected chi connectivity index (χ1v) is 9.67. The summed E-state index contributed by atoms with van der Waals surface area (Å²) in [5.41, 5.74) is 2.69. The predicted octanol–water partition coefficient (Wildman–Crippen LogP) is 1.31. The molecule has 2 rings (SSSR count). The molecule has 1 aromatic rings. The lowest BCUT2D eigenvalue weighted by Crippen LogP contribution is -2.52. The average molecular weight is 375 g/mol. The first-order valence-electron chi connectivity index (χ1n) is 9.67. The first-order chi connectivity index (χ1) is 12.7. The van der Waals surface area contributed by atoms with Crippen molar-refractivity contribution in [2.45, 2.75) is 32.7 Å². The van der Waals surface area contributed by atoms with Gasteiger partial charge in [-0.2, -0.15) is 0 Å². The van der Waals surface area contributed by atoms with E-state index in [1.807, 2.05) is 11.9 Å². The third kappa shape index (κ3) is 6.63. The molecule has 1 fully saturated rings. The van der Waals surface area contributed by atoms with E-state index in [4.69, 9.17) is 0 Å². The van der Waals surface area contributed by atoms with E-state index in [2.05, 4.69) is 60.2 Å². The molecule has 1 heterocycles. The van der Waals surface area contributed by atoms with Crippen LogP contribution in [0.25, 0.3) is 0 Å². The van der Waals surface area contributed by atoms with Crippen LogP contribution in [0.1, 0.15) is 31.9 Å². The van der Waals surface area contributed by atoms with Gasteiger partial charge in [-0.05, 0) is 23.6 Å². The number of rotatable bonds is 6. The molecule has 1 aliphatic heterocycles. The van der Waals surface area contributed by atoms with Crippen molar-refractivity contribution in [1.29, 1.82) is 0 Å². The summed E-state index contributed by atoms with van der Waals surface area (Å²) in [5, 5.41) is 2.64. The topological polar surface area (TPSA) is 55.9 Å². The van der Waals surface area contributed by atoms with Crippen molar-refractivity contribution >= 4 is 11.8 Å². The highest BCUT2D eigenvalue weighted by molar-refractivity contribution is 5.79. The molecule has 6 heteroatoms. The molecular weight excluding hydrogens is 340 g/mol. The number of carbonyl (C=O) groups excluding carboxylic acids is 2. The smallest absolute Gasteiger partial charge is 0.236 e. The van der Waals surface area contributed by atoms with Crippen LogP contribution < -0.4 is 5.32 Å². The maximum Gasteiger partial charge on any atom is 0.236 e. The molecule has 0 spiro atoms. The van der Waals surface area contributed by atoms with Gasteiger partial charge in [0.2, 0.25) is 11.8 Å². The standard InChI is InChI=1S/C21H34N4O2/c1-21(2,3)18-8-6-17(7-9-18)14-23(5)16-20(27)25-12-10-24(11-13-25)15-19(26)22-4/h6-9H,10-16H2,1-5H3,(H,22,26). The zero-order valence-electron chi connectivity index (χ0n) is 17.4. The quantitative estimate of drug-likeness (QED) is 0.816. The molecule has 1 aromatic carbocycles. The van der Waals surface area contributed by atoms with Gasteiger partial charge in [-0.3, -0.25) is 19.4 Å². The minimum Gasteiger partial charge on any atom is -0.358 e. The van der Waals surface area contributed by atoms with E-state index < -0.39 is 0 Å². The van der Waals surface area contributed by atoms with Crippen LogP contribution in [0.2, 0.25) is 0 Å². The Hall–Kier alpha value is -1.92. The van der Waals surface area contributed by atoms with E-state index in [0.717, 1.165) is 19.6 Å². The van der Waals surface area contributed by atoms with Crippen LogP contribution in [0.3, 0.4) is 0 Å². The summed E-state index contributed by atoms with van der Waals surface area (Å²) in [5.74, 6) is 0.176. The van der Waals surface area contributed by atoms with Crippen molar-refractivity contribution in [3.8, 4) is 0 Å². The number of nitrogens with zero attached hydrogens (tertiary/aromatic N) is 3. The summed E-state index contributed by atoms with van der Waals surface area (Å²) >= 11 is 0. The summed E-state index contributed by atoms with van der Waals surface area (Å²) in [6.45, 7) is 11.1. The lowest BCUT2D eigenvalue weighted by atomic mass is 9.87. The summed E-state index contributed by atoms with van der Waals surface area (Å²) in [7, 11) is 3.63. The van der Waals surface area contributed by atoms with E-state index in [9.17, 15) is 9.59 Å². The summed E-state index contributed by atoms with van der Waals surface area (Å²) < 4.78 is 0. The fourth-order valence-electron chi connectivity index (χ4n) is 3.25. The number of benzene rings is 1. The molecule has 1 aliphatic rings. The van der Waals surface area contributed by atoms with Gasteiger partial charge in [0, 0.05) is 39.8 Å². The molecule has 150 valence electrons. The molecule has 0 unspecified atom stereocenters. The Morgan fingerprint density at radius 2 is 1.67 bits per heavy atom. The van der Waals surface area contributed by atoms with Gasteiger partial charge >= 0.3 is 0 Å². The highest BCUT2D eigenvalue weighted by atomic mass is 16.2. The van der Waals surface area contributed by atoms with Crippen LogP contribution in [0.15, 0.2) is 24.3 Å². The number of nitrogens with one attached hydrogen (secondary N) is 1. The van der Waals surface area contributed by atoms with Crippen molar-refractivity contribution in [2.75, 3.05) is 53.4 Å². The number of carbonyl (C=O) groups is 2. The number of likely N-dealkylation sites (N-methyl/N-ethyl adjacent to an activating group) is 2. The molecule has 0 aromatic heterocycles. The van der Waals surface area contributed by atoms with Crippen LogP contribution in [0.4, 0.5) is 0 Å². The highest BCUT2D eigenvalue weighted by Gasteiger charge is 2.23. The Balaban J connectivity index is 1.78. The van der Waals surface area contributed by atoms with Crippen molar-refractivity contribution in [3.05, 3.63) is 35.4 Å². The van der Waals surface area contributed by atoms with Gasteiger partial charge in [-0.1, -0.05) is 45.0 Å². The zero-order chi connectivity index (χ0) is 20.0. The second-order valence-electron chi connectivity index (χ2n) is 8.45. The molecular formula is C21H34N4O2. The van der Waals surface area contributed by atoms with Gasteiger partial charge in [-0.25, -0.2) is 0 Å². The van der Waals surface area contributed by atoms with Crippen LogP contribution in [-0.2, 0) is 21.5 Å². The molecule has 0 saturated carbocycles. The second-order valence-corrected chi connectivity index (χ2v) is 8.45. The first kappa shape index (κ1) is 21.4. The maximum absolute atomic E-state index is 12.6. The number of hydrogen-bond donors (Lipinski definition) is 1. The lowest BCUT2D eigenvalue weighted by molar-refractivity contribution is -0.134. The van der Waals surface area contributed by atoms with Crippen molar-refractivity contribution < 1.29 is 9.59 Å². The average Bonchev–Trinajstić information content (AvgIpc) is 2.61. The highest BCUT2D eigenvalue weighted by Crippen LogP contribution is 2.22. The Labute approximate surface area is 163 Å². The number of hydrogen-bond acceptors (Lipinski definition) is 4. The molecule has 27 heavy (non-hydrogen) atoms. The largest absolute Gasteiger partial charge is 0.358 e. The zero-order valence-corrected chi connectivity index (χ0v) is 17.4. The van der Waals surface area contributed by atoms with E-state index in [0.29, 0.717) is 26.2 Å². The van der Waals surface area contributed by atoms with Crippen LogP contribution in [0.5, 0.6) is 0 Å². The second kappa shape index (κ2) is 9.33. The minimum absolute atomic E-state index is 0.0204. The van der Waals surface area contributed by atoms with Crippen molar-refractivity contribution in [2.24, 2.45) is 0 Å². The number of piperazine rings is 1. The van der Waals surface area contributed by atoms with Gasteiger partial charge in [0.05, 0.1) is 13.1 Å². The van der Waals surface area contributed by atoms with Crippen LogP contribution in [-0.4, -0.2) is 79.9 Å². The van der Waals surface area contributed by atoms with Gasteiger partial charge in [0.15, 0.2) is 0 Å². The Bertz CT molecular complexity index is 629. The molecule has 1 N–H and O–H groups in total. The van der Waals surface area contributed by atoms with Crippen LogP contribution in [0, 0.1) is 0 Å². The fourth-order valence-corrected chi connectivity index (χ4v) is 3.25. The Morgan fingerprint density at radius 3 is 2.19 bits per heavy atom. The van der Waals surface area contributed by atoms with Gasteiger partial charge in [0.25, 0.3) is 0 Å². The molecule has 1 saturated heterocycles. The maximum atomic E-state index is 12.6. The summed E-state index contributed by atoms with van der Waals surface area (Å²) in [4.78, 5) is 30.1. The SMILES string of the molecule is CNC(=O)CN1CCN(C(=O)CN(C)Cc2ccc(C(C)(C)C)cc2)CC1. The van der Waals surface area contributed by atoms with Crippen LogP contribution >= 0.6 is 0 Å². The van der Waals surface area contributed by atoms with Gasteiger partial charge in [0.1, 0.15) is 0 Å². The van der Waals surface area contributed by atoms with E-state index in [1.54, 1.807) is 7.05 Å². The Kier molecular flexibility index (Phi) is 7.39. The lowest BCUT2D eigenvalue weighted by Gasteiger charge is -2.35. The molecule has 2 amide bonds. The monoisotopic (exact) mass is 374 g/mol. The summed E-state index contributed by atoms with van der Waals surface area (Å²) in [6, 6.07) is 8.66. The summed E-state index contributed by atoms with van der Waals surface area (Å²) in [6.07, 6.45) is 0. The van der Waals surface area contributed by atoms with Gasteiger partial charge in [-0.15, -0.1) is 0 Å². The van der Waals surface area contributed by atoms with E-state index >= 15 is 0 Å². The molecule has 0 aliphatic carbocycles. The Morgan fingerprint density at radius 1 is 1.07 bits per heavy atom. The number of amides is 2. The third-order valence-corrected chi connectivity index (χ3v) is 5.05. The fraction of sp³-hybridized carbons (Fsp3) is 0.619.